The molecule has 36 heavy (non-hydrogen) atoms. The first-order valence-corrected chi connectivity index (χ1v) is 14.4. The molecule has 0 aliphatic heterocycles. The minimum atomic E-state index is -3.52. The average molecular weight is 516 g/mol. The van der Waals surface area contributed by atoms with E-state index in [0.29, 0.717) is 37.5 Å². The third kappa shape index (κ3) is 8.97. The number of benzene rings is 2. The predicted molar refractivity (Wildman–Crippen MR) is 147 cm³/mol. The summed E-state index contributed by atoms with van der Waals surface area (Å²) in [5, 5.41) is 2.92. The van der Waals surface area contributed by atoms with Crippen molar-refractivity contribution in [2.24, 2.45) is 5.92 Å². The van der Waals surface area contributed by atoms with Gasteiger partial charge in [0.05, 0.1) is 11.9 Å². The lowest BCUT2D eigenvalue weighted by Crippen LogP contribution is -2.49. The summed E-state index contributed by atoms with van der Waals surface area (Å²) in [5.74, 6) is -0.0347. The van der Waals surface area contributed by atoms with Gasteiger partial charge < -0.3 is 10.2 Å². The zero-order valence-electron chi connectivity index (χ0n) is 22.5. The van der Waals surface area contributed by atoms with Gasteiger partial charge in [0.2, 0.25) is 21.8 Å². The van der Waals surface area contributed by atoms with Gasteiger partial charge in [-0.2, -0.15) is 0 Å². The molecular formula is C28H41N3O4S. The summed E-state index contributed by atoms with van der Waals surface area (Å²) in [6.45, 7) is 10.7. The number of amides is 2. The van der Waals surface area contributed by atoms with Crippen molar-refractivity contribution in [3.63, 3.8) is 0 Å². The molecule has 0 aliphatic carbocycles. The monoisotopic (exact) mass is 515 g/mol. The van der Waals surface area contributed by atoms with Crippen LogP contribution in [0.25, 0.3) is 0 Å². The Hall–Kier alpha value is -2.87. The molecule has 0 fully saturated rings. The number of carbonyl (C=O) groups excluding carboxylic acids is 2. The minimum absolute atomic E-state index is 0.146. The Balaban J connectivity index is 2.13. The third-order valence-corrected chi connectivity index (χ3v) is 7.30. The maximum atomic E-state index is 13.3. The fourth-order valence-corrected chi connectivity index (χ4v) is 5.01. The topological polar surface area (TPSA) is 86.8 Å². The Morgan fingerprint density at radius 1 is 0.972 bits per heavy atom. The second-order valence-corrected chi connectivity index (χ2v) is 11.8. The molecule has 198 valence electrons. The minimum Gasteiger partial charge on any atom is -0.354 e. The normalized spacial score (nSPS) is 12.3. The Morgan fingerprint density at radius 3 is 2.25 bits per heavy atom. The third-order valence-electron chi connectivity index (χ3n) is 6.12. The highest BCUT2D eigenvalue weighted by Crippen LogP contribution is 2.24. The summed E-state index contributed by atoms with van der Waals surface area (Å²) >= 11 is 0. The Kier molecular flexibility index (Phi) is 11.0. The van der Waals surface area contributed by atoms with Crippen molar-refractivity contribution in [1.82, 2.24) is 10.2 Å². The van der Waals surface area contributed by atoms with E-state index in [1.165, 1.54) is 10.6 Å². The van der Waals surface area contributed by atoms with Crippen LogP contribution in [0.4, 0.5) is 5.69 Å². The van der Waals surface area contributed by atoms with Crippen LogP contribution < -0.4 is 9.62 Å². The van der Waals surface area contributed by atoms with E-state index in [2.05, 4.69) is 5.32 Å². The number of carbonyl (C=O) groups is 2. The molecule has 0 heterocycles. The first kappa shape index (κ1) is 29.4. The number of sulfonamides is 1. The predicted octanol–water partition coefficient (Wildman–Crippen LogP) is 4.08. The zero-order chi connectivity index (χ0) is 26.9. The van der Waals surface area contributed by atoms with Gasteiger partial charge in [0.15, 0.2) is 0 Å². The maximum Gasteiger partial charge on any atom is 0.242 e. The van der Waals surface area contributed by atoms with E-state index in [1.54, 1.807) is 11.8 Å². The van der Waals surface area contributed by atoms with Gasteiger partial charge in [-0.15, -0.1) is 0 Å². The Labute approximate surface area is 216 Å². The lowest BCUT2D eigenvalue weighted by Gasteiger charge is -2.30. The SMILES string of the molecule is Cc1ccc(C)c(N(CCCC(=O)N(CCc2ccccc2)[C@H](C)C(=O)NCC(C)C)S(C)(=O)=O)c1. The van der Waals surface area contributed by atoms with Crippen LogP contribution in [-0.4, -0.2) is 57.1 Å². The van der Waals surface area contributed by atoms with Crippen LogP contribution in [0.1, 0.15) is 50.3 Å². The highest BCUT2D eigenvalue weighted by molar-refractivity contribution is 7.92. The zero-order valence-corrected chi connectivity index (χ0v) is 23.3. The first-order valence-electron chi connectivity index (χ1n) is 12.6. The van der Waals surface area contributed by atoms with Crippen LogP contribution in [0.15, 0.2) is 48.5 Å². The smallest absolute Gasteiger partial charge is 0.242 e. The number of nitrogens with zero attached hydrogens (tertiary/aromatic N) is 2. The van der Waals surface area contributed by atoms with Gasteiger partial charge in [-0.25, -0.2) is 8.42 Å². The number of hydrogen-bond acceptors (Lipinski definition) is 4. The molecule has 8 heteroatoms. The Bertz CT molecular complexity index is 1120. The number of rotatable bonds is 13. The Morgan fingerprint density at radius 2 is 1.64 bits per heavy atom. The number of aryl methyl sites for hydroxylation is 2. The average Bonchev–Trinajstić information content (AvgIpc) is 2.81. The summed E-state index contributed by atoms with van der Waals surface area (Å²) in [6, 6.07) is 14.9. The van der Waals surface area contributed by atoms with Gasteiger partial charge in [0, 0.05) is 26.1 Å². The van der Waals surface area contributed by atoms with Crippen LogP contribution in [0.2, 0.25) is 0 Å². The van der Waals surface area contributed by atoms with Crippen molar-refractivity contribution < 1.29 is 18.0 Å². The van der Waals surface area contributed by atoms with Crippen LogP contribution in [0, 0.1) is 19.8 Å². The van der Waals surface area contributed by atoms with Crippen LogP contribution in [0.3, 0.4) is 0 Å². The van der Waals surface area contributed by atoms with Crippen molar-refractivity contribution in [1.29, 1.82) is 0 Å². The molecule has 7 nitrogen and oxygen atoms in total. The molecule has 0 spiro atoms. The summed E-state index contributed by atoms with van der Waals surface area (Å²) in [6.07, 6.45) is 2.31. The standard InChI is InChI=1S/C28H41N3O4S/c1-21(2)20-29-28(33)24(5)30(18-16-25-11-8-7-9-12-25)27(32)13-10-17-31(36(6,34)35)26-19-22(3)14-15-23(26)4/h7-9,11-12,14-15,19,21,24H,10,13,16-18,20H2,1-6H3,(H,29,33)/t24-/m1/s1. The fraction of sp³-hybridized carbons (Fsp3) is 0.500. The van der Waals surface area contributed by atoms with Gasteiger partial charge in [0.1, 0.15) is 6.04 Å². The molecule has 1 N–H and O–H groups in total. The second kappa shape index (κ2) is 13.4. The molecule has 0 aromatic heterocycles. The maximum absolute atomic E-state index is 13.3. The van der Waals surface area contributed by atoms with E-state index >= 15 is 0 Å². The van der Waals surface area contributed by atoms with E-state index in [-0.39, 0.29) is 24.8 Å². The van der Waals surface area contributed by atoms with E-state index < -0.39 is 16.1 Å². The van der Waals surface area contributed by atoms with Gasteiger partial charge in [-0.1, -0.05) is 56.3 Å². The molecule has 2 aromatic rings. The summed E-state index contributed by atoms with van der Waals surface area (Å²) < 4.78 is 26.5. The van der Waals surface area contributed by atoms with Crippen molar-refractivity contribution in [3.8, 4) is 0 Å². The number of hydrogen-bond donors (Lipinski definition) is 1. The molecule has 2 aromatic carbocycles. The summed E-state index contributed by atoms with van der Waals surface area (Å²) in [7, 11) is -3.52. The van der Waals surface area contributed by atoms with Gasteiger partial charge in [0.25, 0.3) is 0 Å². The van der Waals surface area contributed by atoms with Crippen LogP contribution in [0.5, 0.6) is 0 Å². The van der Waals surface area contributed by atoms with Crippen molar-refractivity contribution in [3.05, 3.63) is 65.2 Å². The number of anilines is 1. The largest absolute Gasteiger partial charge is 0.354 e. The molecule has 0 saturated heterocycles. The highest BCUT2D eigenvalue weighted by Gasteiger charge is 2.26. The van der Waals surface area contributed by atoms with E-state index in [0.717, 1.165) is 16.7 Å². The van der Waals surface area contributed by atoms with E-state index in [1.807, 2.05) is 76.2 Å². The van der Waals surface area contributed by atoms with Crippen LogP contribution in [-0.2, 0) is 26.0 Å². The fourth-order valence-electron chi connectivity index (χ4n) is 3.99. The molecule has 1 atom stereocenters. The molecule has 0 aliphatic rings. The van der Waals surface area contributed by atoms with Crippen molar-refractivity contribution >= 4 is 27.5 Å². The van der Waals surface area contributed by atoms with Crippen molar-refractivity contribution in [2.45, 2.75) is 59.9 Å². The summed E-state index contributed by atoms with van der Waals surface area (Å²) in [5.41, 5.74) is 3.54. The molecule has 2 amide bonds. The lowest BCUT2D eigenvalue weighted by atomic mass is 10.1. The van der Waals surface area contributed by atoms with Gasteiger partial charge in [-0.05, 0) is 62.3 Å². The first-order chi connectivity index (χ1) is 16.9. The molecular weight excluding hydrogens is 474 g/mol. The molecule has 0 saturated carbocycles. The van der Waals surface area contributed by atoms with Crippen molar-refractivity contribution in [2.75, 3.05) is 30.2 Å². The highest BCUT2D eigenvalue weighted by atomic mass is 32.2. The number of nitrogens with one attached hydrogen (secondary N) is 1. The lowest BCUT2D eigenvalue weighted by molar-refractivity contribution is -0.140. The van der Waals surface area contributed by atoms with Crippen LogP contribution >= 0.6 is 0 Å². The van der Waals surface area contributed by atoms with E-state index in [9.17, 15) is 18.0 Å². The second-order valence-electron chi connectivity index (χ2n) is 9.87. The molecule has 0 radical (unpaired) electrons. The summed E-state index contributed by atoms with van der Waals surface area (Å²) in [4.78, 5) is 27.7. The molecule has 0 bridgehead atoms. The van der Waals surface area contributed by atoms with Gasteiger partial charge in [-0.3, -0.25) is 13.9 Å². The molecule has 2 rings (SSSR count). The quantitative estimate of drug-likeness (QED) is 0.436. The van der Waals surface area contributed by atoms with E-state index in [4.69, 9.17) is 0 Å². The van der Waals surface area contributed by atoms with Gasteiger partial charge >= 0.3 is 0 Å². The molecule has 0 unspecified atom stereocenters.